The van der Waals surface area contributed by atoms with Crippen LogP contribution < -0.4 is 4.90 Å². The van der Waals surface area contributed by atoms with E-state index in [1.54, 1.807) is 0 Å². The minimum Gasteiger partial charge on any atom is -0.363 e. The number of benzene rings is 1. The highest BCUT2D eigenvalue weighted by Gasteiger charge is 2.31. The van der Waals surface area contributed by atoms with Crippen LogP contribution in [0.1, 0.15) is 11.3 Å². The molecule has 2 aromatic rings. The van der Waals surface area contributed by atoms with E-state index >= 15 is 0 Å². The van der Waals surface area contributed by atoms with Gasteiger partial charge in [-0.3, -0.25) is 0 Å². The number of nitrogens with zero attached hydrogens (tertiary/aromatic N) is 3. The SMILES string of the molecule is Cc1cc(N(C)C)n(-c2ccc(C(F)(F)F)cc2Cl)n1. The molecule has 1 aromatic heterocycles. The van der Waals surface area contributed by atoms with E-state index in [0.29, 0.717) is 5.69 Å². The van der Waals surface area contributed by atoms with Crippen LogP contribution in [0.4, 0.5) is 19.0 Å². The Morgan fingerprint density at radius 1 is 1.20 bits per heavy atom. The maximum Gasteiger partial charge on any atom is 0.416 e. The summed E-state index contributed by atoms with van der Waals surface area (Å²) in [5.41, 5.74) is 0.391. The number of alkyl halides is 3. The van der Waals surface area contributed by atoms with E-state index in [1.807, 2.05) is 32.0 Å². The molecule has 0 aliphatic heterocycles. The second-order valence-electron chi connectivity index (χ2n) is 4.61. The second kappa shape index (κ2) is 5.01. The summed E-state index contributed by atoms with van der Waals surface area (Å²) >= 11 is 5.98. The fourth-order valence-corrected chi connectivity index (χ4v) is 2.10. The molecule has 0 amide bonds. The van der Waals surface area contributed by atoms with Crippen LogP contribution in [0, 0.1) is 6.92 Å². The van der Waals surface area contributed by atoms with E-state index in [0.717, 1.165) is 23.6 Å². The summed E-state index contributed by atoms with van der Waals surface area (Å²) in [5, 5.41) is 4.27. The third-order valence-corrected chi connectivity index (χ3v) is 3.08. The molecule has 3 nitrogen and oxygen atoms in total. The Bertz CT molecular complexity index is 632. The first-order chi connectivity index (χ1) is 9.20. The second-order valence-corrected chi connectivity index (χ2v) is 5.02. The van der Waals surface area contributed by atoms with Crippen molar-refractivity contribution in [2.75, 3.05) is 19.0 Å². The van der Waals surface area contributed by atoms with Crippen molar-refractivity contribution in [3.8, 4) is 5.69 Å². The molecule has 0 saturated carbocycles. The Morgan fingerprint density at radius 3 is 2.35 bits per heavy atom. The molecule has 1 aromatic carbocycles. The predicted octanol–water partition coefficient (Wildman–Crippen LogP) is 3.92. The third kappa shape index (κ3) is 2.75. The molecule has 0 radical (unpaired) electrons. The fraction of sp³-hybridized carbons (Fsp3) is 0.308. The van der Waals surface area contributed by atoms with E-state index in [4.69, 9.17) is 11.6 Å². The van der Waals surface area contributed by atoms with Crippen LogP contribution >= 0.6 is 11.6 Å². The topological polar surface area (TPSA) is 21.1 Å². The van der Waals surface area contributed by atoms with Crippen LogP contribution in [-0.4, -0.2) is 23.9 Å². The number of rotatable bonds is 2. The van der Waals surface area contributed by atoms with Gasteiger partial charge < -0.3 is 4.90 Å². The average Bonchev–Trinajstić information content (AvgIpc) is 2.70. The number of aryl methyl sites for hydroxylation is 1. The van der Waals surface area contributed by atoms with E-state index in [1.165, 1.54) is 10.7 Å². The quantitative estimate of drug-likeness (QED) is 0.838. The monoisotopic (exact) mass is 303 g/mol. The van der Waals surface area contributed by atoms with E-state index in [9.17, 15) is 13.2 Å². The van der Waals surface area contributed by atoms with Gasteiger partial charge in [-0.1, -0.05) is 11.6 Å². The number of hydrogen-bond acceptors (Lipinski definition) is 2. The Labute approximate surface area is 119 Å². The van der Waals surface area contributed by atoms with Gasteiger partial charge in [-0.15, -0.1) is 0 Å². The molecule has 7 heteroatoms. The van der Waals surface area contributed by atoms with Crippen molar-refractivity contribution in [1.29, 1.82) is 0 Å². The molecule has 0 bridgehead atoms. The summed E-state index contributed by atoms with van der Waals surface area (Å²) in [7, 11) is 3.65. The van der Waals surface area contributed by atoms with E-state index in [2.05, 4.69) is 5.10 Å². The highest BCUT2D eigenvalue weighted by molar-refractivity contribution is 6.32. The van der Waals surface area contributed by atoms with Crippen LogP contribution in [0.15, 0.2) is 24.3 Å². The van der Waals surface area contributed by atoms with Crippen LogP contribution in [0.2, 0.25) is 5.02 Å². The molecule has 0 spiro atoms. The minimum atomic E-state index is -4.41. The molecule has 0 saturated heterocycles. The highest BCUT2D eigenvalue weighted by atomic mass is 35.5. The largest absolute Gasteiger partial charge is 0.416 e. The van der Waals surface area contributed by atoms with Crippen LogP contribution in [0.25, 0.3) is 5.69 Å². The number of aromatic nitrogens is 2. The van der Waals surface area contributed by atoms with Crippen molar-refractivity contribution >= 4 is 17.4 Å². The van der Waals surface area contributed by atoms with Crippen LogP contribution in [-0.2, 0) is 6.18 Å². The first kappa shape index (κ1) is 14.7. The van der Waals surface area contributed by atoms with Gasteiger partial charge >= 0.3 is 6.18 Å². The van der Waals surface area contributed by atoms with Gasteiger partial charge in [-0.2, -0.15) is 18.3 Å². The number of anilines is 1. The summed E-state index contributed by atoms with van der Waals surface area (Å²) < 4.78 is 39.4. The van der Waals surface area contributed by atoms with Crippen molar-refractivity contribution in [2.24, 2.45) is 0 Å². The Hall–Kier alpha value is -1.69. The molecular formula is C13H13ClF3N3. The summed E-state index contributed by atoms with van der Waals surface area (Å²) in [6, 6.07) is 5.06. The smallest absolute Gasteiger partial charge is 0.363 e. The Kier molecular flexibility index (Phi) is 3.69. The third-order valence-electron chi connectivity index (χ3n) is 2.77. The maximum atomic E-state index is 12.6. The summed E-state index contributed by atoms with van der Waals surface area (Å²) in [4.78, 5) is 1.81. The number of hydrogen-bond donors (Lipinski definition) is 0. The predicted molar refractivity (Wildman–Crippen MR) is 72.6 cm³/mol. The molecule has 0 unspecified atom stereocenters. The highest BCUT2D eigenvalue weighted by Crippen LogP contribution is 2.34. The van der Waals surface area contributed by atoms with E-state index < -0.39 is 11.7 Å². The van der Waals surface area contributed by atoms with Gasteiger partial charge in [0.05, 0.1) is 22.0 Å². The lowest BCUT2D eigenvalue weighted by Crippen LogP contribution is -2.14. The van der Waals surface area contributed by atoms with Crippen molar-refractivity contribution in [2.45, 2.75) is 13.1 Å². The summed E-state index contributed by atoms with van der Waals surface area (Å²) in [6.07, 6.45) is -4.41. The van der Waals surface area contributed by atoms with Crippen LogP contribution in [0.3, 0.4) is 0 Å². The molecule has 0 fully saturated rings. The zero-order chi connectivity index (χ0) is 15.1. The zero-order valence-corrected chi connectivity index (χ0v) is 11.9. The van der Waals surface area contributed by atoms with Gasteiger partial charge in [0, 0.05) is 20.2 Å². The maximum absolute atomic E-state index is 12.6. The molecule has 108 valence electrons. The molecule has 2 rings (SSSR count). The standard InChI is InChI=1S/C13H13ClF3N3/c1-8-6-12(19(2)3)20(18-8)11-5-4-9(7-10(11)14)13(15,16)17/h4-7H,1-3H3. The van der Waals surface area contributed by atoms with Gasteiger partial charge in [-0.25, -0.2) is 4.68 Å². The molecular weight excluding hydrogens is 291 g/mol. The molecule has 0 atom stereocenters. The molecule has 0 N–H and O–H groups in total. The van der Waals surface area contributed by atoms with Gasteiger partial charge in [0.15, 0.2) is 0 Å². The summed E-state index contributed by atoms with van der Waals surface area (Å²) in [6.45, 7) is 1.81. The van der Waals surface area contributed by atoms with E-state index in [-0.39, 0.29) is 5.02 Å². The minimum absolute atomic E-state index is 0.00558. The lowest BCUT2D eigenvalue weighted by Gasteiger charge is -2.16. The van der Waals surface area contributed by atoms with Crippen molar-refractivity contribution in [3.63, 3.8) is 0 Å². The average molecular weight is 304 g/mol. The normalized spacial score (nSPS) is 11.8. The molecule has 0 aliphatic carbocycles. The lowest BCUT2D eigenvalue weighted by atomic mass is 10.2. The first-order valence-electron chi connectivity index (χ1n) is 5.81. The number of halogens is 4. The fourth-order valence-electron chi connectivity index (χ4n) is 1.84. The van der Waals surface area contributed by atoms with Crippen molar-refractivity contribution < 1.29 is 13.2 Å². The van der Waals surface area contributed by atoms with Gasteiger partial charge in [0.2, 0.25) is 0 Å². The Balaban J connectivity index is 2.54. The van der Waals surface area contributed by atoms with Gasteiger partial charge in [0.1, 0.15) is 5.82 Å². The van der Waals surface area contributed by atoms with Gasteiger partial charge in [-0.05, 0) is 25.1 Å². The first-order valence-corrected chi connectivity index (χ1v) is 6.19. The molecule has 1 heterocycles. The Morgan fingerprint density at radius 2 is 1.85 bits per heavy atom. The molecule has 0 aliphatic rings. The van der Waals surface area contributed by atoms with Crippen LogP contribution in [0.5, 0.6) is 0 Å². The molecule has 20 heavy (non-hydrogen) atoms. The lowest BCUT2D eigenvalue weighted by molar-refractivity contribution is -0.137. The summed E-state index contributed by atoms with van der Waals surface area (Å²) in [5.74, 6) is 0.740. The van der Waals surface area contributed by atoms with Crippen molar-refractivity contribution in [1.82, 2.24) is 9.78 Å². The zero-order valence-electron chi connectivity index (χ0n) is 11.2. The van der Waals surface area contributed by atoms with Crippen molar-refractivity contribution in [3.05, 3.63) is 40.5 Å². The van der Waals surface area contributed by atoms with Gasteiger partial charge in [0.25, 0.3) is 0 Å².